The van der Waals surface area contributed by atoms with Crippen LogP contribution in [0, 0.1) is 5.41 Å². The van der Waals surface area contributed by atoms with Crippen LogP contribution in [0.15, 0.2) is 29.2 Å². The van der Waals surface area contributed by atoms with Gasteiger partial charge in [-0.3, -0.25) is 0 Å². The monoisotopic (exact) mass is 269 g/mol. The minimum atomic E-state index is -3.10. The molecule has 1 aromatic carbocycles. The summed E-state index contributed by atoms with van der Waals surface area (Å²) >= 11 is 0. The molecule has 0 aromatic heterocycles. The lowest BCUT2D eigenvalue weighted by molar-refractivity contribution is -0.0924. The maximum atomic E-state index is 11.6. The van der Waals surface area contributed by atoms with Crippen molar-refractivity contribution >= 4 is 15.5 Å². The zero-order valence-corrected chi connectivity index (χ0v) is 11.6. The first kappa shape index (κ1) is 13.4. The molecule has 100 valence electrons. The number of hydrogen-bond donors (Lipinski definition) is 1. The van der Waals surface area contributed by atoms with E-state index in [4.69, 9.17) is 4.74 Å². The summed E-state index contributed by atoms with van der Waals surface area (Å²) in [5.41, 5.74) is 1.15. The predicted molar refractivity (Wildman–Crippen MR) is 71.6 cm³/mol. The molecule has 0 bridgehead atoms. The highest BCUT2D eigenvalue weighted by atomic mass is 32.2. The minimum Gasteiger partial charge on any atom is -0.384 e. The molecule has 4 nitrogen and oxygen atoms in total. The highest BCUT2D eigenvalue weighted by Crippen LogP contribution is 2.27. The van der Waals surface area contributed by atoms with E-state index in [0.717, 1.165) is 25.4 Å². The molecule has 0 unspecified atom stereocenters. The summed E-state index contributed by atoms with van der Waals surface area (Å²) < 4.78 is 28.5. The highest BCUT2D eigenvalue weighted by molar-refractivity contribution is 7.91. The van der Waals surface area contributed by atoms with Gasteiger partial charge in [0.1, 0.15) is 0 Å². The average molecular weight is 269 g/mol. The second-order valence-electron chi connectivity index (χ2n) is 5.08. The Labute approximate surface area is 108 Å². The van der Waals surface area contributed by atoms with Crippen LogP contribution < -0.4 is 5.32 Å². The zero-order chi connectivity index (χ0) is 13.2. The summed E-state index contributed by atoms with van der Waals surface area (Å²) in [4.78, 5) is 0.383. The Kier molecular flexibility index (Phi) is 3.64. The molecule has 1 heterocycles. The summed E-state index contributed by atoms with van der Waals surface area (Å²) in [7, 11) is -3.10. The van der Waals surface area contributed by atoms with Crippen molar-refractivity contribution in [2.24, 2.45) is 5.41 Å². The van der Waals surface area contributed by atoms with Gasteiger partial charge in [-0.2, -0.15) is 0 Å². The normalized spacial score (nSPS) is 18.1. The molecule has 0 saturated carbocycles. The number of nitrogens with one attached hydrogen (secondary N) is 1. The molecule has 0 amide bonds. The fourth-order valence-corrected chi connectivity index (χ4v) is 2.70. The first-order valence-electron chi connectivity index (χ1n) is 6.10. The quantitative estimate of drug-likeness (QED) is 0.887. The number of sulfone groups is 1. The van der Waals surface area contributed by atoms with E-state index in [-0.39, 0.29) is 11.2 Å². The average Bonchev–Trinajstić information content (AvgIpc) is 2.34. The third-order valence-corrected chi connectivity index (χ3v) is 4.96. The third-order valence-electron chi connectivity index (χ3n) is 3.21. The van der Waals surface area contributed by atoms with Crippen LogP contribution in [-0.4, -0.2) is 33.9 Å². The number of hydrogen-bond acceptors (Lipinski definition) is 4. The number of benzene rings is 1. The van der Waals surface area contributed by atoms with E-state index < -0.39 is 9.84 Å². The molecule has 1 N–H and O–H groups in total. The molecule has 0 aliphatic carbocycles. The first-order valence-corrected chi connectivity index (χ1v) is 7.75. The van der Waals surface area contributed by atoms with Crippen molar-refractivity contribution in [2.75, 3.05) is 30.8 Å². The third kappa shape index (κ3) is 2.84. The van der Waals surface area contributed by atoms with Crippen LogP contribution in [0.5, 0.6) is 0 Å². The highest BCUT2D eigenvalue weighted by Gasteiger charge is 2.32. The lowest BCUT2D eigenvalue weighted by Crippen LogP contribution is -2.45. The molecular formula is C13H19NO3S. The van der Waals surface area contributed by atoms with Gasteiger partial charge in [-0.15, -0.1) is 0 Å². The van der Waals surface area contributed by atoms with Gasteiger partial charge >= 0.3 is 0 Å². The van der Waals surface area contributed by atoms with Crippen LogP contribution in [0.2, 0.25) is 0 Å². The van der Waals surface area contributed by atoms with Gasteiger partial charge in [0.05, 0.1) is 23.9 Å². The number of rotatable bonds is 5. The van der Waals surface area contributed by atoms with Gasteiger partial charge in [0.25, 0.3) is 0 Å². The van der Waals surface area contributed by atoms with Gasteiger partial charge in [-0.25, -0.2) is 8.42 Å². The van der Waals surface area contributed by atoms with Crippen molar-refractivity contribution in [3.63, 3.8) is 0 Å². The van der Waals surface area contributed by atoms with Gasteiger partial charge in [0.15, 0.2) is 9.84 Å². The van der Waals surface area contributed by atoms with Crippen molar-refractivity contribution in [2.45, 2.75) is 18.7 Å². The molecule has 0 radical (unpaired) electrons. The fourth-order valence-electron chi connectivity index (χ4n) is 1.81. The number of ether oxygens (including phenoxy) is 1. The molecule has 0 atom stereocenters. The molecule has 5 heteroatoms. The molecule has 2 rings (SSSR count). The summed E-state index contributed by atoms with van der Waals surface area (Å²) in [6.45, 7) is 6.22. The Morgan fingerprint density at radius 3 is 2.33 bits per heavy atom. The maximum Gasteiger partial charge on any atom is 0.178 e. The number of anilines is 1. The Bertz CT molecular complexity index is 504. The minimum absolute atomic E-state index is 0.134. The second-order valence-corrected chi connectivity index (χ2v) is 7.36. The lowest BCUT2D eigenvalue weighted by Gasteiger charge is -2.38. The summed E-state index contributed by atoms with van der Waals surface area (Å²) in [5, 5.41) is 3.31. The summed E-state index contributed by atoms with van der Waals surface area (Å²) in [5.74, 6) is 0.134. The molecule has 1 saturated heterocycles. The largest absolute Gasteiger partial charge is 0.384 e. The Morgan fingerprint density at radius 2 is 1.89 bits per heavy atom. The van der Waals surface area contributed by atoms with Crippen molar-refractivity contribution < 1.29 is 13.2 Å². The van der Waals surface area contributed by atoms with E-state index in [1.807, 2.05) is 12.1 Å². The van der Waals surface area contributed by atoms with E-state index in [1.54, 1.807) is 19.1 Å². The van der Waals surface area contributed by atoms with E-state index >= 15 is 0 Å². The van der Waals surface area contributed by atoms with E-state index in [2.05, 4.69) is 12.2 Å². The molecule has 1 aromatic rings. The van der Waals surface area contributed by atoms with Gasteiger partial charge in [0.2, 0.25) is 0 Å². The Balaban J connectivity index is 2.00. The molecule has 1 aliphatic heterocycles. The standard InChI is InChI=1S/C13H19NO3S/c1-3-18(15,16)12-6-4-11(5-7-12)14-8-13(2)9-17-10-13/h4-7,14H,3,8-10H2,1-2H3. The predicted octanol–water partition coefficient (Wildman–Crippen LogP) is 1.93. The van der Waals surface area contributed by atoms with Crippen molar-refractivity contribution in [1.29, 1.82) is 0 Å². The van der Waals surface area contributed by atoms with E-state index in [1.165, 1.54) is 0 Å². The van der Waals surface area contributed by atoms with Crippen LogP contribution in [0.25, 0.3) is 0 Å². The van der Waals surface area contributed by atoms with Crippen molar-refractivity contribution in [1.82, 2.24) is 0 Å². The van der Waals surface area contributed by atoms with Crippen LogP contribution in [-0.2, 0) is 14.6 Å². The molecular weight excluding hydrogens is 250 g/mol. The van der Waals surface area contributed by atoms with Crippen LogP contribution in [0.3, 0.4) is 0 Å². The lowest BCUT2D eigenvalue weighted by atomic mass is 9.89. The van der Waals surface area contributed by atoms with E-state index in [9.17, 15) is 8.42 Å². The maximum absolute atomic E-state index is 11.6. The topological polar surface area (TPSA) is 55.4 Å². The van der Waals surface area contributed by atoms with E-state index in [0.29, 0.717) is 4.90 Å². The van der Waals surface area contributed by atoms with Gasteiger partial charge < -0.3 is 10.1 Å². The van der Waals surface area contributed by atoms with Gasteiger partial charge in [0, 0.05) is 17.6 Å². The Morgan fingerprint density at radius 1 is 1.28 bits per heavy atom. The smallest absolute Gasteiger partial charge is 0.178 e. The van der Waals surface area contributed by atoms with Gasteiger partial charge in [-0.1, -0.05) is 13.8 Å². The van der Waals surface area contributed by atoms with Crippen molar-refractivity contribution in [3.05, 3.63) is 24.3 Å². The second kappa shape index (κ2) is 4.90. The molecule has 18 heavy (non-hydrogen) atoms. The van der Waals surface area contributed by atoms with Gasteiger partial charge in [-0.05, 0) is 24.3 Å². The molecule has 1 fully saturated rings. The molecule has 1 aliphatic rings. The SMILES string of the molecule is CCS(=O)(=O)c1ccc(NCC2(C)COC2)cc1. The summed E-state index contributed by atoms with van der Waals surface area (Å²) in [6, 6.07) is 6.93. The zero-order valence-electron chi connectivity index (χ0n) is 10.8. The van der Waals surface area contributed by atoms with Crippen molar-refractivity contribution in [3.8, 4) is 0 Å². The fraction of sp³-hybridized carbons (Fsp3) is 0.538. The summed E-state index contributed by atoms with van der Waals surface area (Å²) in [6.07, 6.45) is 0. The van der Waals surface area contributed by atoms with Crippen LogP contribution in [0.1, 0.15) is 13.8 Å². The molecule has 0 spiro atoms. The van der Waals surface area contributed by atoms with Crippen LogP contribution >= 0.6 is 0 Å². The van der Waals surface area contributed by atoms with Crippen LogP contribution in [0.4, 0.5) is 5.69 Å². The first-order chi connectivity index (χ1) is 8.45. The Hall–Kier alpha value is -1.07.